The molecule has 10 aromatic rings. The highest BCUT2D eigenvalue weighted by Gasteiger charge is 2.48. The van der Waals surface area contributed by atoms with Crippen molar-refractivity contribution in [1.82, 2.24) is 0 Å². The normalized spacial score (nSPS) is 12.7. The molecule has 0 bridgehead atoms. The van der Waals surface area contributed by atoms with Gasteiger partial charge in [-0.2, -0.15) is 0 Å². The Hall–Kier alpha value is -7.42. The Morgan fingerprint density at radius 1 is 0.368 bits per heavy atom. The first kappa shape index (κ1) is 33.0. The topological polar surface area (TPSA) is 16.4 Å². The summed E-state index contributed by atoms with van der Waals surface area (Å²) >= 11 is 0. The number of fused-ring (bicyclic) bond motifs is 6. The van der Waals surface area contributed by atoms with Crippen LogP contribution in [0.1, 0.15) is 22.3 Å². The van der Waals surface area contributed by atoms with Gasteiger partial charge in [-0.25, -0.2) is 0 Å². The zero-order valence-corrected chi connectivity index (χ0v) is 31.2. The van der Waals surface area contributed by atoms with Crippen LogP contribution in [0.5, 0.6) is 0 Å². The van der Waals surface area contributed by atoms with Crippen LogP contribution in [-0.4, -0.2) is 0 Å². The summed E-state index contributed by atoms with van der Waals surface area (Å²) in [4.78, 5) is 2.46. The molecular weight excluding hydrogens is 691 g/mol. The minimum Gasteiger partial charge on any atom is -0.456 e. The Morgan fingerprint density at radius 2 is 0.860 bits per heavy atom. The van der Waals surface area contributed by atoms with Crippen molar-refractivity contribution in [2.24, 2.45) is 0 Å². The van der Waals surface area contributed by atoms with Crippen molar-refractivity contribution in [3.63, 3.8) is 0 Å². The molecule has 9 aromatic carbocycles. The maximum atomic E-state index is 6.95. The van der Waals surface area contributed by atoms with Crippen molar-refractivity contribution in [3.8, 4) is 33.4 Å². The average Bonchev–Trinajstić information content (AvgIpc) is 3.81. The molecule has 57 heavy (non-hydrogen) atoms. The van der Waals surface area contributed by atoms with E-state index < -0.39 is 5.41 Å². The number of para-hydroxylation sites is 2. The third-order valence-electron chi connectivity index (χ3n) is 11.7. The first-order chi connectivity index (χ1) is 28.3. The van der Waals surface area contributed by atoms with Crippen molar-refractivity contribution in [1.29, 1.82) is 0 Å². The van der Waals surface area contributed by atoms with Crippen LogP contribution in [0, 0.1) is 0 Å². The van der Waals surface area contributed by atoms with E-state index in [9.17, 15) is 0 Å². The first-order valence-corrected chi connectivity index (χ1v) is 19.6. The molecule has 0 radical (unpaired) electrons. The number of nitrogens with zero attached hydrogens (tertiary/aromatic N) is 1. The fourth-order valence-corrected chi connectivity index (χ4v) is 9.27. The highest BCUT2D eigenvalue weighted by molar-refractivity contribution is 6.19. The van der Waals surface area contributed by atoms with Crippen LogP contribution in [0.15, 0.2) is 229 Å². The van der Waals surface area contributed by atoms with E-state index in [1.54, 1.807) is 0 Å². The number of benzene rings is 9. The van der Waals surface area contributed by atoms with Crippen molar-refractivity contribution in [3.05, 3.63) is 247 Å². The van der Waals surface area contributed by atoms with Crippen LogP contribution in [0.4, 0.5) is 17.1 Å². The Kier molecular flexibility index (Phi) is 7.75. The van der Waals surface area contributed by atoms with Crippen LogP contribution in [0.3, 0.4) is 0 Å². The van der Waals surface area contributed by atoms with Crippen molar-refractivity contribution >= 4 is 39.0 Å². The van der Waals surface area contributed by atoms with E-state index in [1.807, 2.05) is 0 Å². The molecule has 11 rings (SSSR count). The Bertz CT molecular complexity index is 2990. The van der Waals surface area contributed by atoms with Crippen molar-refractivity contribution in [2.45, 2.75) is 5.41 Å². The summed E-state index contributed by atoms with van der Waals surface area (Å²) in [5, 5.41) is 2.18. The minimum atomic E-state index is -0.653. The molecule has 1 aromatic heterocycles. The van der Waals surface area contributed by atoms with Crippen LogP contribution in [0.25, 0.3) is 55.3 Å². The zero-order valence-electron chi connectivity index (χ0n) is 31.2. The Morgan fingerprint density at radius 3 is 1.49 bits per heavy atom. The summed E-state index contributed by atoms with van der Waals surface area (Å²) < 4.78 is 6.95. The quantitative estimate of drug-likeness (QED) is 0.163. The van der Waals surface area contributed by atoms with E-state index in [4.69, 9.17) is 4.42 Å². The van der Waals surface area contributed by atoms with Crippen LogP contribution < -0.4 is 4.90 Å². The Labute approximate surface area is 332 Å². The van der Waals surface area contributed by atoms with Gasteiger partial charge in [-0.15, -0.1) is 0 Å². The van der Waals surface area contributed by atoms with Gasteiger partial charge >= 0.3 is 0 Å². The molecule has 2 heteroatoms. The van der Waals surface area contributed by atoms with Gasteiger partial charge in [-0.05, 0) is 92.5 Å². The van der Waals surface area contributed by atoms with Gasteiger partial charge in [0.2, 0.25) is 0 Å². The van der Waals surface area contributed by atoms with Gasteiger partial charge < -0.3 is 9.32 Å². The summed E-state index contributed by atoms with van der Waals surface area (Å²) in [6.45, 7) is 0. The van der Waals surface area contributed by atoms with Gasteiger partial charge in [0.05, 0.1) is 16.5 Å². The zero-order chi connectivity index (χ0) is 37.8. The molecule has 1 aliphatic rings. The average molecular weight is 728 g/mol. The fourth-order valence-electron chi connectivity index (χ4n) is 9.27. The second kappa shape index (κ2) is 13.4. The van der Waals surface area contributed by atoms with E-state index in [0.717, 1.165) is 39.0 Å². The van der Waals surface area contributed by atoms with E-state index in [2.05, 4.69) is 229 Å². The van der Waals surface area contributed by atoms with Crippen LogP contribution >= 0.6 is 0 Å². The maximum absolute atomic E-state index is 6.95. The summed E-state index contributed by atoms with van der Waals surface area (Å²) in [6.07, 6.45) is 0. The number of hydrogen-bond donors (Lipinski definition) is 0. The van der Waals surface area contributed by atoms with E-state index >= 15 is 0 Å². The molecule has 0 unspecified atom stereocenters. The number of furan rings is 1. The van der Waals surface area contributed by atoms with Crippen molar-refractivity contribution in [2.75, 3.05) is 4.90 Å². The number of rotatable bonds is 7. The van der Waals surface area contributed by atoms with Crippen molar-refractivity contribution < 1.29 is 4.42 Å². The van der Waals surface area contributed by atoms with Crippen LogP contribution in [-0.2, 0) is 5.41 Å². The Balaban J connectivity index is 1.31. The molecule has 0 N–H and O–H groups in total. The van der Waals surface area contributed by atoms with Gasteiger partial charge in [0.25, 0.3) is 0 Å². The third-order valence-corrected chi connectivity index (χ3v) is 11.7. The smallest absolute Gasteiger partial charge is 0.137 e. The summed E-state index contributed by atoms with van der Waals surface area (Å²) in [6, 6.07) is 81.1. The second-order valence-corrected chi connectivity index (χ2v) is 14.8. The molecule has 0 spiro atoms. The monoisotopic (exact) mass is 727 g/mol. The molecule has 2 nitrogen and oxygen atoms in total. The third kappa shape index (κ3) is 5.18. The van der Waals surface area contributed by atoms with Gasteiger partial charge in [-0.1, -0.05) is 182 Å². The summed E-state index contributed by atoms with van der Waals surface area (Å²) in [5.41, 5.74) is 16.3. The lowest BCUT2D eigenvalue weighted by atomic mass is 9.67. The molecule has 268 valence electrons. The summed E-state index contributed by atoms with van der Waals surface area (Å²) in [5.74, 6) is 0. The van der Waals surface area contributed by atoms with Gasteiger partial charge in [0, 0.05) is 22.3 Å². The van der Waals surface area contributed by atoms with E-state index in [0.29, 0.717) is 0 Å². The molecule has 0 saturated carbocycles. The lowest BCUT2D eigenvalue weighted by molar-refractivity contribution is 0.666. The number of anilines is 3. The molecule has 1 heterocycles. The van der Waals surface area contributed by atoms with E-state index in [-0.39, 0.29) is 0 Å². The van der Waals surface area contributed by atoms with Crippen LogP contribution in [0.2, 0.25) is 0 Å². The standard InChI is InChI=1S/C55H37NO/c1-6-18-38(19-7-1)40-30-33-45(34-31-40)56(44-26-14-5-15-27-44)54-52-46-35-32-41(39-20-8-2-9-21-39)36-48(46)55(42-22-10-3-11-23-42,43-24-12-4-13-25-43)49(52)37-51-53(54)47-28-16-17-29-50(47)57-51/h1-37H. The van der Waals surface area contributed by atoms with Gasteiger partial charge in [-0.3, -0.25) is 0 Å². The highest BCUT2D eigenvalue weighted by Crippen LogP contribution is 2.62. The lowest BCUT2D eigenvalue weighted by Gasteiger charge is -2.35. The molecule has 0 amide bonds. The molecule has 0 saturated heterocycles. The fraction of sp³-hybridized carbons (Fsp3) is 0.0182. The van der Waals surface area contributed by atoms with E-state index in [1.165, 1.54) is 55.6 Å². The lowest BCUT2D eigenvalue weighted by Crippen LogP contribution is -2.28. The summed E-state index contributed by atoms with van der Waals surface area (Å²) in [7, 11) is 0. The molecule has 0 aliphatic heterocycles. The SMILES string of the molecule is c1ccc(-c2ccc(N(c3ccccc3)c3c4c(cc5oc6ccccc6c35)C(c3ccccc3)(c3ccccc3)c3cc(-c5ccccc5)ccc3-4)cc2)cc1. The highest BCUT2D eigenvalue weighted by atomic mass is 16.3. The molecule has 0 fully saturated rings. The largest absolute Gasteiger partial charge is 0.456 e. The predicted molar refractivity (Wildman–Crippen MR) is 237 cm³/mol. The molecular formula is C55H37NO. The molecule has 1 aliphatic carbocycles. The number of hydrogen-bond acceptors (Lipinski definition) is 2. The molecule has 0 atom stereocenters. The van der Waals surface area contributed by atoms with Gasteiger partial charge in [0.1, 0.15) is 11.2 Å². The van der Waals surface area contributed by atoms with Gasteiger partial charge in [0.15, 0.2) is 0 Å². The maximum Gasteiger partial charge on any atom is 0.137 e. The predicted octanol–water partition coefficient (Wildman–Crippen LogP) is 14.8. The minimum absolute atomic E-state index is 0.653. The first-order valence-electron chi connectivity index (χ1n) is 19.6. The second-order valence-electron chi connectivity index (χ2n) is 14.8.